The molecule has 1 fully saturated rings. The van der Waals surface area contributed by atoms with Crippen LogP contribution in [-0.2, 0) is 4.79 Å². The Balaban J connectivity index is 1.94. The highest BCUT2D eigenvalue weighted by Crippen LogP contribution is 2.44. The van der Waals surface area contributed by atoms with Crippen LogP contribution in [0.25, 0.3) is 0 Å². The Kier molecular flexibility index (Phi) is 5.10. The zero-order chi connectivity index (χ0) is 16.3. The van der Waals surface area contributed by atoms with Gasteiger partial charge >= 0.3 is 5.97 Å². The molecule has 0 heterocycles. The molecule has 0 saturated heterocycles. The van der Waals surface area contributed by atoms with E-state index < -0.39 is 5.97 Å². The fraction of sp³-hybridized carbons (Fsp3) is 0.550. The van der Waals surface area contributed by atoms with Crippen LogP contribution in [0.5, 0.6) is 0 Å². The Morgan fingerprint density at radius 3 is 2.59 bits per heavy atom. The Bertz CT molecular complexity index is 558. The summed E-state index contributed by atoms with van der Waals surface area (Å²) in [7, 11) is 0. The molecule has 2 aliphatic rings. The summed E-state index contributed by atoms with van der Waals surface area (Å²) >= 11 is 0. The maximum Gasteiger partial charge on any atom is 0.328 e. The number of hydrogen-bond donors (Lipinski definition) is 1. The van der Waals surface area contributed by atoms with Crippen LogP contribution in [0, 0.1) is 17.3 Å². The Labute approximate surface area is 134 Å². The van der Waals surface area contributed by atoms with Gasteiger partial charge in [-0.25, -0.2) is 4.79 Å². The summed E-state index contributed by atoms with van der Waals surface area (Å²) < 4.78 is 0. The van der Waals surface area contributed by atoms with Crippen LogP contribution in [0.4, 0.5) is 0 Å². The summed E-state index contributed by atoms with van der Waals surface area (Å²) in [4.78, 5) is 10.6. The van der Waals surface area contributed by atoms with Gasteiger partial charge in [0.25, 0.3) is 0 Å². The number of carboxylic acid groups (broad SMARTS) is 1. The number of allylic oxidation sites excluding steroid dienone is 7. The van der Waals surface area contributed by atoms with Crippen molar-refractivity contribution in [3.8, 4) is 0 Å². The number of rotatable bonds is 5. The Hall–Kier alpha value is -1.57. The monoisotopic (exact) mass is 300 g/mol. The van der Waals surface area contributed by atoms with Gasteiger partial charge in [0.2, 0.25) is 0 Å². The Morgan fingerprint density at radius 1 is 1.27 bits per heavy atom. The third kappa shape index (κ3) is 4.46. The molecule has 2 nitrogen and oxygen atoms in total. The molecule has 0 unspecified atom stereocenters. The van der Waals surface area contributed by atoms with Gasteiger partial charge < -0.3 is 5.11 Å². The minimum atomic E-state index is -0.878. The van der Waals surface area contributed by atoms with Crippen molar-refractivity contribution in [3.05, 3.63) is 47.1 Å². The molecule has 2 rings (SSSR count). The lowest BCUT2D eigenvalue weighted by Crippen LogP contribution is -2.19. The third-order valence-corrected chi connectivity index (χ3v) is 4.90. The lowest BCUT2D eigenvalue weighted by molar-refractivity contribution is -0.131. The van der Waals surface area contributed by atoms with Gasteiger partial charge in [0.15, 0.2) is 0 Å². The molecule has 1 saturated carbocycles. The number of carboxylic acids is 1. The second-order valence-electron chi connectivity index (χ2n) is 7.44. The van der Waals surface area contributed by atoms with Crippen molar-refractivity contribution in [2.75, 3.05) is 0 Å². The first-order valence-electron chi connectivity index (χ1n) is 8.27. The minimum absolute atomic E-state index is 0.305. The third-order valence-electron chi connectivity index (χ3n) is 4.90. The molecule has 1 N–H and O–H groups in total. The maximum atomic E-state index is 10.6. The summed E-state index contributed by atoms with van der Waals surface area (Å²) in [6.07, 6.45) is 15.0. The van der Waals surface area contributed by atoms with Gasteiger partial charge in [-0.2, -0.15) is 0 Å². The predicted octanol–water partition coefficient (Wildman–Crippen LogP) is 5.29. The average Bonchev–Trinajstić information content (AvgIpc) is 3.13. The highest BCUT2D eigenvalue weighted by molar-refractivity contribution is 5.81. The van der Waals surface area contributed by atoms with E-state index in [1.54, 1.807) is 5.57 Å². The van der Waals surface area contributed by atoms with E-state index in [-0.39, 0.29) is 0 Å². The molecule has 0 bridgehead atoms. The van der Waals surface area contributed by atoms with E-state index in [2.05, 4.69) is 39.0 Å². The molecule has 22 heavy (non-hydrogen) atoms. The highest BCUT2D eigenvalue weighted by Gasteiger charge is 2.33. The fourth-order valence-corrected chi connectivity index (χ4v) is 3.43. The molecule has 2 aliphatic carbocycles. The molecule has 2 atom stereocenters. The van der Waals surface area contributed by atoms with Crippen molar-refractivity contribution >= 4 is 5.97 Å². The minimum Gasteiger partial charge on any atom is -0.478 e. The average molecular weight is 300 g/mol. The fourth-order valence-electron chi connectivity index (χ4n) is 3.43. The van der Waals surface area contributed by atoms with E-state index in [0.717, 1.165) is 5.57 Å². The van der Waals surface area contributed by atoms with E-state index in [4.69, 9.17) is 5.11 Å². The first kappa shape index (κ1) is 16.8. The van der Waals surface area contributed by atoms with E-state index in [1.165, 1.54) is 37.3 Å². The van der Waals surface area contributed by atoms with Gasteiger partial charge in [0.05, 0.1) is 0 Å². The van der Waals surface area contributed by atoms with Crippen molar-refractivity contribution in [1.29, 1.82) is 0 Å². The van der Waals surface area contributed by atoms with Crippen LogP contribution in [0.1, 0.15) is 53.4 Å². The van der Waals surface area contributed by atoms with Gasteiger partial charge in [-0.1, -0.05) is 43.7 Å². The summed E-state index contributed by atoms with van der Waals surface area (Å²) in [5.74, 6) is 0.309. The normalized spacial score (nSPS) is 28.6. The summed E-state index contributed by atoms with van der Waals surface area (Å²) in [5, 5.41) is 8.69. The molecule has 0 aliphatic heterocycles. The lowest BCUT2D eigenvalue weighted by Gasteiger charge is -2.33. The molecule has 0 amide bonds. The maximum absolute atomic E-state index is 10.6. The molecule has 120 valence electrons. The van der Waals surface area contributed by atoms with Gasteiger partial charge in [0.1, 0.15) is 0 Å². The Morgan fingerprint density at radius 2 is 1.95 bits per heavy atom. The van der Waals surface area contributed by atoms with Crippen LogP contribution in [0.15, 0.2) is 47.1 Å². The van der Waals surface area contributed by atoms with Crippen LogP contribution >= 0.6 is 0 Å². The molecule has 0 radical (unpaired) electrons. The van der Waals surface area contributed by atoms with Crippen molar-refractivity contribution in [1.82, 2.24) is 0 Å². The molecule has 0 aromatic carbocycles. The molecule has 2 heteroatoms. The summed E-state index contributed by atoms with van der Waals surface area (Å²) in [6, 6.07) is 0. The summed E-state index contributed by atoms with van der Waals surface area (Å²) in [5.41, 5.74) is 4.17. The van der Waals surface area contributed by atoms with Crippen LogP contribution in [-0.4, -0.2) is 11.1 Å². The van der Waals surface area contributed by atoms with Gasteiger partial charge in [-0.3, -0.25) is 0 Å². The topological polar surface area (TPSA) is 37.3 Å². The molecule has 0 spiro atoms. The van der Waals surface area contributed by atoms with Crippen LogP contribution < -0.4 is 0 Å². The zero-order valence-corrected chi connectivity index (χ0v) is 14.2. The molecular formula is C20H28O2. The highest BCUT2D eigenvalue weighted by atomic mass is 16.4. The summed E-state index contributed by atoms with van der Waals surface area (Å²) in [6.45, 7) is 8.79. The SMILES string of the molecule is CC1=C(/C=C/[C@H]2C[C@@H]2/C=C/C(C)=C/C(=O)O)C(C)(C)CCC1. The molecular weight excluding hydrogens is 272 g/mol. The van der Waals surface area contributed by atoms with Gasteiger partial charge in [-0.15, -0.1) is 0 Å². The van der Waals surface area contributed by atoms with Gasteiger partial charge in [0, 0.05) is 6.08 Å². The second kappa shape index (κ2) is 6.68. The lowest BCUT2D eigenvalue weighted by atomic mass is 9.72. The van der Waals surface area contributed by atoms with Crippen LogP contribution in [0.2, 0.25) is 0 Å². The number of hydrogen-bond acceptors (Lipinski definition) is 1. The van der Waals surface area contributed by atoms with Crippen molar-refractivity contribution in [3.63, 3.8) is 0 Å². The van der Waals surface area contributed by atoms with Crippen molar-refractivity contribution < 1.29 is 9.90 Å². The number of carbonyl (C=O) groups is 1. The molecule has 0 aromatic heterocycles. The van der Waals surface area contributed by atoms with Crippen molar-refractivity contribution in [2.24, 2.45) is 17.3 Å². The van der Waals surface area contributed by atoms with Gasteiger partial charge in [-0.05, 0) is 67.9 Å². The first-order chi connectivity index (χ1) is 10.3. The molecule has 0 aromatic rings. The predicted molar refractivity (Wildman–Crippen MR) is 91.6 cm³/mol. The standard InChI is InChI=1S/C20H28O2/c1-14(12-19(21)22)7-8-16-13-17(16)9-10-18-15(2)6-5-11-20(18,3)4/h7-10,12,16-17H,5-6,11,13H2,1-4H3,(H,21,22)/b8-7+,10-9+,14-12+/t16-,17-/m0/s1. The van der Waals surface area contributed by atoms with E-state index >= 15 is 0 Å². The first-order valence-corrected chi connectivity index (χ1v) is 8.27. The quantitative estimate of drug-likeness (QED) is 0.553. The zero-order valence-electron chi connectivity index (χ0n) is 14.2. The second-order valence-corrected chi connectivity index (χ2v) is 7.44. The van der Waals surface area contributed by atoms with E-state index in [9.17, 15) is 4.79 Å². The van der Waals surface area contributed by atoms with Crippen molar-refractivity contribution in [2.45, 2.75) is 53.4 Å². The van der Waals surface area contributed by atoms with Crippen LogP contribution in [0.3, 0.4) is 0 Å². The van der Waals surface area contributed by atoms with E-state index in [1.807, 2.05) is 13.0 Å². The smallest absolute Gasteiger partial charge is 0.328 e. The largest absolute Gasteiger partial charge is 0.478 e. The van der Waals surface area contributed by atoms with E-state index in [0.29, 0.717) is 17.3 Å². The number of aliphatic carboxylic acids is 1.